The number of nitro groups is 1. The fourth-order valence-electron chi connectivity index (χ4n) is 1.69. The fourth-order valence-corrected chi connectivity index (χ4v) is 1.69. The van der Waals surface area contributed by atoms with Gasteiger partial charge in [-0.1, -0.05) is 32.9 Å². The van der Waals surface area contributed by atoms with E-state index in [-0.39, 0.29) is 16.7 Å². The standard InChI is InChI=1S/C10H14O.C7H5NO4/c1-10(2,3)8-4-6-9(11)7-5-8;9-7(10)5-1-3-6(4-2-5)8(11)12/h4-7,11H,1-3H3;1-4H,(H,9,10). The van der Waals surface area contributed by atoms with Crippen molar-refractivity contribution in [3.8, 4) is 5.75 Å². The number of nitrogens with zero attached hydrogens (tertiary/aromatic N) is 1. The first kappa shape index (κ1) is 18.2. The summed E-state index contributed by atoms with van der Waals surface area (Å²) in [6, 6.07) is 12.1. The van der Waals surface area contributed by atoms with Gasteiger partial charge >= 0.3 is 5.97 Å². The van der Waals surface area contributed by atoms with Gasteiger partial charge in [-0.05, 0) is 35.2 Å². The molecule has 0 saturated heterocycles. The molecule has 2 aromatic carbocycles. The maximum Gasteiger partial charge on any atom is 0.335 e. The molecule has 0 fully saturated rings. The number of aromatic hydroxyl groups is 1. The van der Waals surface area contributed by atoms with Crippen LogP contribution in [0.5, 0.6) is 5.75 Å². The zero-order chi connectivity index (χ0) is 17.6. The SMILES string of the molecule is CC(C)(C)c1ccc(O)cc1.O=C(O)c1ccc([N+](=O)[O-])cc1. The predicted molar refractivity (Wildman–Crippen MR) is 86.9 cm³/mol. The summed E-state index contributed by atoms with van der Waals surface area (Å²) in [6.07, 6.45) is 0. The van der Waals surface area contributed by atoms with E-state index in [1.54, 1.807) is 12.1 Å². The molecule has 0 unspecified atom stereocenters. The number of benzene rings is 2. The lowest BCUT2D eigenvalue weighted by molar-refractivity contribution is -0.384. The van der Waals surface area contributed by atoms with Crippen molar-refractivity contribution in [1.29, 1.82) is 0 Å². The molecule has 6 nitrogen and oxygen atoms in total. The maximum absolute atomic E-state index is 10.3. The lowest BCUT2D eigenvalue weighted by Crippen LogP contribution is -2.10. The Morgan fingerprint density at radius 2 is 1.48 bits per heavy atom. The van der Waals surface area contributed by atoms with Crippen LogP contribution in [0.25, 0.3) is 0 Å². The van der Waals surface area contributed by atoms with Crippen LogP contribution in [0.3, 0.4) is 0 Å². The van der Waals surface area contributed by atoms with Gasteiger partial charge in [0.1, 0.15) is 5.75 Å². The summed E-state index contributed by atoms with van der Waals surface area (Å²) in [5, 5.41) is 27.6. The van der Waals surface area contributed by atoms with Gasteiger partial charge in [0.15, 0.2) is 0 Å². The molecule has 0 saturated carbocycles. The van der Waals surface area contributed by atoms with Crippen LogP contribution in [0.4, 0.5) is 5.69 Å². The minimum atomic E-state index is -1.09. The first-order valence-electron chi connectivity index (χ1n) is 6.88. The molecule has 122 valence electrons. The Hall–Kier alpha value is -2.89. The van der Waals surface area contributed by atoms with Crippen molar-refractivity contribution >= 4 is 11.7 Å². The summed E-state index contributed by atoms with van der Waals surface area (Å²) in [4.78, 5) is 19.9. The quantitative estimate of drug-likeness (QED) is 0.644. The minimum Gasteiger partial charge on any atom is -0.508 e. The highest BCUT2D eigenvalue weighted by Crippen LogP contribution is 2.23. The van der Waals surface area contributed by atoms with Gasteiger partial charge in [0.2, 0.25) is 0 Å². The van der Waals surface area contributed by atoms with E-state index >= 15 is 0 Å². The van der Waals surface area contributed by atoms with E-state index in [9.17, 15) is 14.9 Å². The molecule has 0 radical (unpaired) electrons. The van der Waals surface area contributed by atoms with Gasteiger partial charge in [-0.2, -0.15) is 0 Å². The number of hydrogen-bond donors (Lipinski definition) is 2. The number of aromatic carboxylic acids is 1. The van der Waals surface area contributed by atoms with E-state index in [1.807, 2.05) is 12.1 Å². The Kier molecular flexibility index (Phi) is 5.84. The summed E-state index contributed by atoms with van der Waals surface area (Å²) < 4.78 is 0. The summed E-state index contributed by atoms with van der Waals surface area (Å²) in [5.74, 6) is -0.761. The number of carboxylic acids is 1. The molecular formula is C17H19NO5. The molecule has 6 heteroatoms. The Labute approximate surface area is 134 Å². The van der Waals surface area contributed by atoms with Gasteiger partial charge in [-0.15, -0.1) is 0 Å². The topological polar surface area (TPSA) is 101 Å². The molecule has 0 atom stereocenters. The maximum atomic E-state index is 10.3. The molecule has 2 N–H and O–H groups in total. The highest BCUT2D eigenvalue weighted by molar-refractivity contribution is 5.87. The average molecular weight is 317 g/mol. The van der Waals surface area contributed by atoms with Crippen molar-refractivity contribution in [2.24, 2.45) is 0 Å². The van der Waals surface area contributed by atoms with Crippen LogP contribution in [-0.2, 0) is 5.41 Å². The van der Waals surface area contributed by atoms with E-state index in [0.29, 0.717) is 5.75 Å². The number of hydrogen-bond acceptors (Lipinski definition) is 4. The highest BCUT2D eigenvalue weighted by Gasteiger charge is 2.12. The van der Waals surface area contributed by atoms with Crippen molar-refractivity contribution in [2.45, 2.75) is 26.2 Å². The normalized spacial score (nSPS) is 10.4. The second kappa shape index (κ2) is 7.40. The molecule has 0 heterocycles. The van der Waals surface area contributed by atoms with E-state index in [2.05, 4.69) is 20.8 Å². The zero-order valence-corrected chi connectivity index (χ0v) is 13.2. The smallest absolute Gasteiger partial charge is 0.335 e. The summed E-state index contributed by atoms with van der Waals surface area (Å²) in [5.41, 5.74) is 1.35. The van der Waals surface area contributed by atoms with Crippen LogP contribution in [0, 0.1) is 10.1 Å². The van der Waals surface area contributed by atoms with Crippen LogP contribution in [0.1, 0.15) is 36.7 Å². The number of phenolic OH excluding ortho intramolecular Hbond substituents is 1. The number of carboxylic acid groups (broad SMARTS) is 1. The van der Waals surface area contributed by atoms with Crippen LogP contribution in [0.2, 0.25) is 0 Å². The molecule has 0 aliphatic carbocycles. The minimum absolute atomic E-state index is 0.0422. The number of carbonyl (C=O) groups is 1. The van der Waals surface area contributed by atoms with Crippen LogP contribution >= 0.6 is 0 Å². The van der Waals surface area contributed by atoms with Crippen molar-refractivity contribution < 1.29 is 19.9 Å². The van der Waals surface area contributed by atoms with E-state index in [1.165, 1.54) is 17.7 Å². The lowest BCUT2D eigenvalue weighted by Gasteiger charge is -2.18. The third-order valence-corrected chi connectivity index (χ3v) is 3.06. The summed E-state index contributed by atoms with van der Waals surface area (Å²) in [7, 11) is 0. The van der Waals surface area contributed by atoms with Crippen LogP contribution < -0.4 is 0 Å². The molecule has 0 aliphatic heterocycles. The number of rotatable bonds is 2. The molecule has 23 heavy (non-hydrogen) atoms. The largest absolute Gasteiger partial charge is 0.508 e. The second-order valence-electron chi connectivity index (χ2n) is 5.91. The third kappa shape index (κ3) is 5.78. The Morgan fingerprint density at radius 3 is 1.83 bits per heavy atom. The third-order valence-electron chi connectivity index (χ3n) is 3.06. The molecule has 2 rings (SSSR count). The predicted octanol–water partition coefficient (Wildman–Crippen LogP) is 3.98. The summed E-state index contributed by atoms with van der Waals surface area (Å²) in [6.45, 7) is 6.46. The fraction of sp³-hybridized carbons (Fsp3) is 0.235. The Balaban J connectivity index is 0.000000231. The molecule has 0 aliphatic rings. The van der Waals surface area contributed by atoms with E-state index in [4.69, 9.17) is 10.2 Å². The average Bonchev–Trinajstić information content (AvgIpc) is 2.47. The molecule has 0 amide bonds. The van der Waals surface area contributed by atoms with Gasteiger partial charge in [-0.25, -0.2) is 4.79 Å². The molecule has 2 aromatic rings. The van der Waals surface area contributed by atoms with Crippen LogP contribution in [-0.4, -0.2) is 21.1 Å². The van der Waals surface area contributed by atoms with Gasteiger partial charge in [-0.3, -0.25) is 10.1 Å². The Bertz CT molecular complexity index is 637. The highest BCUT2D eigenvalue weighted by atomic mass is 16.6. The zero-order valence-electron chi connectivity index (χ0n) is 13.2. The van der Waals surface area contributed by atoms with Gasteiger partial charge < -0.3 is 10.2 Å². The Morgan fingerprint density at radius 1 is 1.00 bits per heavy atom. The van der Waals surface area contributed by atoms with Gasteiger partial charge in [0, 0.05) is 12.1 Å². The molecule has 0 bridgehead atoms. The number of nitro benzene ring substituents is 1. The van der Waals surface area contributed by atoms with Crippen molar-refractivity contribution in [3.63, 3.8) is 0 Å². The second-order valence-corrected chi connectivity index (χ2v) is 5.91. The monoisotopic (exact) mass is 317 g/mol. The van der Waals surface area contributed by atoms with Crippen molar-refractivity contribution in [1.82, 2.24) is 0 Å². The number of phenols is 1. The van der Waals surface area contributed by atoms with Gasteiger partial charge in [0.25, 0.3) is 5.69 Å². The first-order chi connectivity index (χ1) is 10.6. The molecule has 0 spiro atoms. The van der Waals surface area contributed by atoms with E-state index < -0.39 is 10.9 Å². The molecule has 0 aromatic heterocycles. The lowest BCUT2D eigenvalue weighted by atomic mass is 9.87. The van der Waals surface area contributed by atoms with Gasteiger partial charge in [0.05, 0.1) is 10.5 Å². The summed E-state index contributed by atoms with van der Waals surface area (Å²) >= 11 is 0. The first-order valence-corrected chi connectivity index (χ1v) is 6.88. The number of non-ortho nitro benzene ring substituents is 1. The van der Waals surface area contributed by atoms with Crippen LogP contribution in [0.15, 0.2) is 48.5 Å². The van der Waals surface area contributed by atoms with E-state index in [0.717, 1.165) is 12.1 Å². The van der Waals surface area contributed by atoms with Crippen molar-refractivity contribution in [3.05, 3.63) is 69.8 Å². The van der Waals surface area contributed by atoms with Crippen molar-refractivity contribution in [2.75, 3.05) is 0 Å². The molecular weight excluding hydrogens is 298 g/mol.